The molecule has 1 aromatic heterocycles. The third-order valence-corrected chi connectivity index (χ3v) is 4.96. The van der Waals surface area contributed by atoms with Gasteiger partial charge in [0.25, 0.3) is 0 Å². The third kappa shape index (κ3) is 3.75. The lowest BCUT2D eigenvalue weighted by atomic mass is 10.1. The minimum atomic E-state index is -0.302. The van der Waals surface area contributed by atoms with E-state index in [0.717, 1.165) is 29.2 Å². The number of imidazole rings is 1. The molecule has 2 N–H and O–H groups in total. The highest BCUT2D eigenvalue weighted by Crippen LogP contribution is 2.29. The molecule has 0 aliphatic rings. The number of carbonyl (C=O) groups excluding carboxylic acids is 1. The van der Waals surface area contributed by atoms with E-state index in [0.29, 0.717) is 10.6 Å². The number of aromatic hydroxyl groups is 2. The van der Waals surface area contributed by atoms with E-state index < -0.39 is 0 Å². The van der Waals surface area contributed by atoms with E-state index in [-0.39, 0.29) is 23.0 Å². The van der Waals surface area contributed by atoms with Gasteiger partial charge in [0.2, 0.25) is 0 Å². The molecule has 0 radical (unpaired) electrons. The zero-order valence-corrected chi connectivity index (χ0v) is 15.1. The molecule has 5 nitrogen and oxygen atoms in total. The topological polar surface area (TPSA) is 75.4 Å². The summed E-state index contributed by atoms with van der Waals surface area (Å²) in [5, 5.41) is 20.3. The van der Waals surface area contributed by atoms with E-state index in [1.165, 1.54) is 30.0 Å². The Morgan fingerprint density at radius 1 is 1.20 bits per heavy atom. The number of aromatic nitrogens is 2. The molecule has 0 spiro atoms. The molecule has 0 bridgehead atoms. The van der Waals surface area contributed by atoms with Crippen LogP contribution in [0.15, 0.2) is 41.6 Å². The number of aryl methyl sites for hydroxylation is 1. The molecular weight excluding hydrogens is 360 g/mol. The smallest absolute Gasteiger partial charge is 0.173 e. The number of carbonyl (C=O) groups is 1. The Morgan fingerprint density at radius 3 is 2.72 bits per heavy atom. The Morgan fingerprint density at radius 2 is 2.00 bits per heavy atom. The number of fused-ring (bicyclic) bond motifs is 1. The Balaban J connectivity index is 1.83. The minimum Gasteiger partial charge on any atom is -0.504 e. The summed E-state index contributed by atoms with van der Waals surface area (Å²) >= 11 is 7.38. The van der Waals surface area contributed by atoms with E-state index in [1.54, 1.807) is 0 Å². The normalized spacial score (nSPS) is 11.1. The molecule has 130 valence electrons. The van der Waals surface area contributed by atoms with Crippen LogP contribution in [0, 0.1) is 0 Å². The van der Waals surface area contributed by atoms with Crippen molar-refractivity contribution < 1.29 is 15.0 Å². The Hall–Kier alpha value is -2.18. The first-order chi connectivity index (χ1) is 12.0. The van der Waals surface area contributed by atoms with Crippen molar-refractivity contribution in [1.29, 1.82) is 0 Å². The van der Waals surface area contributed by atoms with Gasteiger partial charge in [-0.1, -0.05) is 30.3 Å². The second kappa shape index (κ2) is 7.37. The number of Topliss-reactive ketones (excluding diaryl/α,β-unsaturated/α-hetero) is 1. The summed E-state index contributed by atoms with van der Waals surface area (Å²) in [6.45, 7) is 2.88. The standard InChI is InChI=1S/C18H17ClN2O3S/c1-2-7-21-14-5-4-12(19)9-13(14)20-18(21)25-10-17(24)11-3-6-15(22)16(23)8-11/h3-6,8-9,22-23H,2,7,10H2,1H3. The van der Waals surface area contributed by atoms with Gasteiger partial charge in [0.1, 0.15) is 0 Å². The van der Waals surface area contributed by atoms with Crippen molar-refractivity contribution >= 4 is 40.2 Å². The van der Waals surface area contributed by atoms with Crippen LogP contribution in [-0.4, -0.2) is 31.3 Å². The Kier molecular flexibility index (Phi) is 5.20. The molecule has 0 atom stereocenters. The lowest BCUT2D eigenvalue weighted by Crippen LogP contribution is -2.05. The van der Waals surface area contributed by atoms with Gasteiger partial charge in [-0.15, -0.1) is 0 Å². The van der Waals surface area contributed by atoms with Gasteiger partial charge < -0.3 is 14.8 Å². The van der Waals surface area contributed by atoms with Crippen molar-refractivity contribution in [2.24, 2.45) is 0 Å². The summed E-state index contributed by atoms with van der Waals surface area (Å²) in [5.41, 5.74) is 2.14. The van der Waals surface area contributed by atoms with E-state index in [4.69, 9.17) is 11.6 Å². The van der Waals surface area contributed by atoms with Crippen molar-refractivity contribution in [2.45, 2.75) is 25.0 Å². The highest BCUT2D eigenvalue weighted by Gasteiger charge is 2.15. The zero-order chi connectivity index (χ0) is 18.0. The Bertz CT molecular complexity index is 939. The van der Waals surface area contributed by atoms with Crippen LogP contribution in [0.5, 0.6) is 11.5 Å². The van der Waals surface area contributed by atoms with Crippen LogP contribution in [0.25, 0.3) is 11.0 Å². The fraction of sp³-hybridized carbons (Fsp3) is 0.222. The lowest BCUT2D eigenvalue weighted by molar-refractivity contribution is 0.102. The van der Waals surface area contributed by atoms with E-state index in [1.807, 2.05) is 18.2 Å². The zero-order valence-electron chi connectivity index (χ0n) is 13.6. The van der Waals surface area contributed by atoms with Crippen molar-refractivity contribution in [3.8, 4) is 11.5 Å². The van der Waals surface area contributed by atoms with Crippen LogP contribution >= 0.6 is 23.4 Å². The molecule has 0 aliphatic heterocycles. The fourth-order valence-electron chi connectivity index (χ4n) is 2.54. The van der Waals surface area contributed by atoms with E-state index >= 15 is 0 Å². The SMILES string of the molecule is CCCn1c(SCC(=O)c2ccc(O)c(O)c2)nc2cc(Cl)ccc21. The molecule has 0 saturated carbocycles. The van der Waals surface area contributed by atoms with Crippen LogP contribution in [-0.2, 0) is 6.54 Å². The number of nitrogens with zero attached hydrogens (tertiary/aromatic N) is 2. The van der Waals surface area contributed by atoms with Crippen molar-refractivity contribution in [3.63, 3.8) is 0 Å². The third-order valence-electron chi connectivity index (χ3n) is 3.75. The number of hydrogen-bond acceptors (Lipinski definition) is 5. The number of phenols is 2. The van der Waals surface area contributed by atoms with Gasteiger partial charge in [0, 0.05) is 17.1 Å². The fourth-order valence-corrected chi connectivity index (χ4v) is 3.64. The first-order valence-electron chi connectivity index (χ1n) is 7.83. The number of halogens is 1. The summed E-state index contributed by atoms with van der Waals surface area (Å²) in [7, 11) is 0. The second-order valence-electron chi connectivity index (χ2n) is 5.59. The number of rotatable bonds is 6. The predicted octanol–water partition coefficient (Wildman–Crippen LogP) is 4.49. The summed E-state index contributed by atoms with van der Waals surface area (Å²) < 4.78 is 2.08. The summed E-state index contributed by atoms with van der Waals surface area (Å²) in [4.78, 5) is 16.9. The molecule has 0 saturated heterocycles. The van der Waals surface area contributed by atoms with Crippen LogP contribution < -0.4 is 0 Å². The van der Waals surface area contributed by atoms with Gasteiger partial charge in [-0.2, -0.15) is 0 Å². The van der Waals surface area contributed by atoms with Gasteiger partial charge in [0.15, 0.2) is 22.4 Å². The second-order valence-corrected chi connectivity index (χ2v) is 6.97. The first-order valence-corrected chi connectivity index (χ1v) is 9.19. The summed E-state index contributed by atoms with van der Waals surface area (Å²) in [6, 6.07) is 9.65. The quantitative estimate of drug-likeness (QED) is 0.376. The molecule has 0 aliphatic carbocycles. The monoisotopic (exact) mass is 376 g/mol. The molecular formula is C18H17ClN2O3S. The number of ketones is 1. The van der Waals surface area contributed by atoms with Gasteiger partial charge in [0.05, 0.1) is 16.8 Å². The highest BCUT2D eigenvalue weighted by atomic mass is 35.5. The van der Waals surface area contributed by atoms with Crippen LogP contribution in [0.1, 0.15) is 23.7 Å². The number of thioether (sulfide) groups is 1. The maximum atomic E-state index is 12.3. The van der Waals surface area contributed by atoms with Gasteiger partial charge in [-0.05, 0) is 42.8 Å². The van der Waals surface area contributed by atoms with E-state index in [2.05, 4.69) is 16.5 Å². The number of benzene rings is 2. The Labute approximate surface area is 154 Å². The average molecular weight is 377 g/mol. The maximum absolute atomic E-state index is 12.3. The van der Waals surface area contributed by atoms with Gasteiger partial charge in [-0.3, -0.25) is 4.79 Å². The van der Waals surface area contributed by atoms with Crippen molar-refractivity contribution in [2.75, 3.05) is 5.75 Å². The molecule has 2 aromatic carbocycles. The van der Waals surface area contributed by atoms with E-state index in [9.17, 15) is 15.0 Å². The van der Waals surface area contributed by atoms with Crippen LogP contribution in [0.3, 0.4) is 0 Å². The van der Waals surface area contributed by atoms with Gasteiger partial charge in [-0.25, -0.2) is 4.98 Å². The van der Waals surface area contributed by atoms with Crippen LogP contribution in [0.2, 0.25) is 5.02 Å². The first kappa shape index (κ1) is 17.6. The maximum Gasteiger partial charge on any atom is 0.173 e. The average Bonchev–Trinajstić information content (AvgIpc) is 2.92. The molecule has 7 heteroatoms. The molecule has 0 amide bonds. The largest absolute Gasteiger partial charge is 0.504 e. The van der Waals surface area contributed by atoms with Crippen LogP contribution in [0.4, 0.5) is 0 Å². The van der Waals surface area contributed by atoms with Crippen molar-refractivity contribution in [1.82, 2.24) is 9.55 Å². The minimum absolute atomic E-state index is 0.145. The lowest BCUT2D eigenvalue weighted by Gasteiger charge is -2.07. The molecule has 25 heavy (non-hydrogen) atoms. The molecule has 3 aromatic rings. The summed E-state index contributed by atoms with van der Waals surface area (Å²) in [6.07, 6.45) is 0.946. The van der Waals surface area contributed by atoms with Gasteiger partial charge >= 0.3 is 0 Å². The molecule has 0 fully saturated rings. The highest BCUT2D eigenvalue weighted by molar-refractivity contribution is 7.99. The van der Waals surface area contributed by atoms with Crippen molar-refractivity contribution in [3.05, 3.63) is 47.0 Å². The molecule has 0 unspecified atom stereocenters. The predicted molar refractivity (Wildman–Crippen MR) is 99.9 cm³/mol. The number of phenolic OH excluding ortho intramolecular Hbond substituents is 2. The molecule has 1 heterocycles. The molecule has 3 rings (SSSR count). The summed E-state index contributed by atoms with van der Waals surface area (Å²) in [5.74, 6) is -0.506. The number of hydrogen-bond donors (Lipinski definition) is 2.